The SMILES string of the molecule is CC(C)(N)C(C)(C)C(=O)NO. The first-order chi connectivity index (χ1) is 4.73. The molecule has 0 saturated heterocycles. The number of hydrogen-bond donors (Lipinski definition) is 3. The molecule has 0 saturated carbocycles. The van der Waals surface area contributed by atoms with Gasteiger partial charge < -0.3 is 5.73 Å². The van der Waals surface area contributed by atoms with Gasteiger partial charge in [-0.25, -0.2) is 5.48 Å². The third-order valence-corrected chi connectivity index (χ3v) is 2.28. The van der Waals surface area contributed by atoms with Crippen LogP contribution in [0.4, 0.5) is 0 Å². The molecule has 0 aliphatic rings. The molecule has 0 spiro atoms. The van der Waals surface area contributed by atoms with Crippen molar-refractivity contribution < 1.29 is 10.0 Å². The van der Waals surface area contributed by atoms with Crippen molar-refractivity contribution in [3.63, 3.8) is 0 Å². The second-order valence-corrected chi connectivity index (χ2v) is 3.79. The van der Waals surface area contributed by atoms with Gasteiger partial charge in [-0.3, -0.25) is 10.0 Å². The number of hydroxylamine groups is 1. The fourth-order valence-electron chi connectivity index (χ4n) is 0.432. The molecule has 0 atom stereocenters. The first-order valence-corrected chi connectivity index (χ1v) is 3.47. The van der Waals surface area contributed by atoms with Crippen molar-refractivity contribution in [2.24, 2.45) is 11.1 Å². The summed E-state index contributed by atoms with van der Waals surface area (Å²) in [6, 6.07) is 0. The van der Waals surface area contributed by atoms with Crippen molar-refractivity contribution in [2.75, 3.05) is 0 Å². The minimum absolute atomic E-state index is 0.468. The Morgan fingerprint density at radius 2 is 1.73 bits per heavy atom. The molecule has 0 aliphatic heterocycles. The summed E-state index contributed by atoms with van der Waals surface area (Å²) in [6.45, 7) is 6.83. The largest absolute Gasteiger partial charge is 0.325 e. The Balaban J connectivity index is 4.59. The standard InChI is InChI=1S/C7H16N2O2/c1-6(2,5(10)9-11)7(3,4)8/h11H,8H2,1-4H3,(H,9,10). The molecule has 1 amide bonds. The van der Waals surface area contributed by atoms with Crippen LogP contribution in [0.15, 0.2) is 0 Å². The minimum Gasteiger partial charge on any atom is -0.325 e. The van der Waals surface area contributed by atoms with Crippen molar-refractivity contribution in [1.29, 1.82) is 0 Å². The number of carbonyl (C=O) groups is 1. The molecule has 4 nitrogen and oxygen atoms in total. The van der Waals surface area contributed by atoms with Crippen molar-refractivity contribution in [2.45, 2.75) is 33.2 Å². The lowest BCUT2D eigenvalue weighted by Gasteiger charge is -2.35. The molecule has 0 rings (SSSR count). The molecule has 4 N–H and O–H groups in total. The van der Waals surface area contributed by atoms with Crippen LogP contribution in [-0.2, 0) is 4.79 Å². The van der Waals surface area contributed by atoms with Gasteiger partial charge in [-0.05, 0) is 27.7 Å². The van der Waals surface area contributed by atoms with E-state index in [1.54, 1.807) is 33.2 Å². The topological polar surface area (TPSA) is 75.4 Å². The lowest BCUT2D eigenvalue weighted by Crippen LogP contribution is -2.55. The van der Waals surface area contributed by atoms with E-state index in [-0.39, 0.29) is 0 Å². The summed E-state index contributed by atoms with van der Waals surface area (Å²) in [5.41, 5.74) is 5.88. The molecular weight excluding hydrogens is 144 g/mol. The Hall–Kier alpha value is -0.610. The van der Waals surface area contributed by atoms with Gasteiger partial charge in [0.2, 0.25) is 0 Å². The smallest absolute Gasteiger partial charge is 0.250 e. The van der Waals surface area contributed by atoms with Crippen molar-refractivity contribution in [3.05, 3.63) is 0 Å². The lowest BCUT2D eigenvalue weighted by atomic mass is 9.75. The van der Waals surface area contributed by atoms with Crippen LogP contribution in [0.3, 0.4) is 0 Å². The van der Waals surface area contributed by atoms with Crippen LogP contribution in [0.2, 0.25) is 0 Å². The predicted octanol–water partition coefficient (Wildman–Crippen LogP) is 0.255. The first kappa shape index (κ1) is 10.4. The number of nitrogens with one attached hydrogen (secondary N) is 1. The molecule has 0 unspecified atom stereocenters. The lowest BCUT2D eigenvalue weighted by molar-refractivity contribution is -0.141. The highest BCUT2D eigenvalue weighted by Crippen LogP contribution is 2.27. The van der Waals surface area contributed by atoms with E-state index < -0.39 is 16.9 Å². The van der Waals surface area contributed by atoms with Gasteiger partial charge in [0.25, 0.3) is 5.91 Å². The van der Waals surface area contributed by atoms with Crippen LogP contribution >= 0.6 is 0 Å². The number of carbonyl (C=O) groups excluding carboxylic acids is 1. The highest BCUT2D eigenvalue weighted by Gasteiger charge is 2.40. The summed E-state index contributed by atoms with van der Waals surface area (Å²) in [6.07, 6.45) is 0. The Labute approximate surface area is 66.7 Å². The highest BCUT2D eigenvalue weighted by atomic mass is 16.5. The molecule has 0 fully saturated rings. The Morgan fingerprint density at radius 3 is 1.82 bits per heavy atom. The first-order valence-electron chi connectivity index (χ1n) is 3.47. The molecule has 0 heterocycles. The van der Waals surface area contributed by atoms with E-state index in [0.717, 1.165) is 0 Å². The monoisotopic (exact) mass is 160 g/mol. The highest BCUT2D eigenvalue weighted by molar-refractivity contribution is 5.82. The molecule has 11 heavy (non-hydrogen) atoms. The van der Waals surface area contributed by atoms with Crippen LogP contribution in [0.25, 0.3) is 0 Å². The molecule has 66 valence electrons. The molecule has 0 aromatic carbocycles. The number of nitrogens with two attached hydrogens (primary N) is 1. The average Bonchev–Trinajstić information content (AvgIpc) is 1.83. The molecule has 0 aliphatic carbocycles. The maximum atomic E-state index is 11.0. The van der Waals surface area contributed by atoms with E-state index in [1.165, 1.54) is 0 Å². The zero-order valence-electron chi connectivity index (χ0n) is 7.43. The molecule has 0 bridgehead atoms. The third kappa shape index (κ3) is 1.91. The Bertz CT molecular complexity index is 158. The quantitative estimate of drug-likeness (QED) is 0.400. The summed E-state index contributed by atoms with van der Waals surface area (Å²) in [5, 5.41) is 8.38. The van der Waals surface area contributed by atoms with Gasteiger partial charge in [0.1, 0.15) is 0 Å². The fraction of sp³-hybridized carbons (Fsp3) is 0.857. The van der Waals surface area contributed by atoms with Gasteiger partial charge >= 0.3 is 0 Å². The second-order valence-electron chi connectivity index (χ2n) is 3.79. The zero-order chi connectivity index (χ0) is 9.28. The van der Waals surface area contributed by atoms with Gasteiger partial charge in [0.05, 0.1) is 5.41 Å². The maximum absolute atomic E-state index is 11.0. The summed E-state index contributed by atoms with van der Waals surface area (Å²) < 4.78 is 0. The fourth-order valence-corrected chi connectivity index (χ4v) is 0.432. The van der Waals surface area contributed by atoms with Crippen LogP contribution in [-0.4, -0.2) is 16.7 Å². The summed E-state index contributed by atoms with van der Waals surface area (Å²) in [5.74, 6) is -0.468. The van der Waals surface area contributed by atoms with Crippen LogP contribution < -0.4 is 11.2 Å². The molecule has 0 radical (unpaired) electrons. The zero-order valence-corrected chi connectivity index (χ0v) is 7.43. The second kappa shape index (κ2) is 2.79. The number of hydrogen-bond acceptors (Lipinski definition) is 3. The normalized spacial score (nSPS) is 12.9. The average molecular weight is 160 g/mol. The van der Waals surface area contributed by atoms with Crippen molar-refractivity contribution in [1.82, 2.24) is 5.48 Å². The van der Waals surface area contributed by atoms with Crippen molar-refractivity contribution >= 4 is 5.91 Å². The van der Waals surface area contributed by atoms with Gasteiger partial charge in [0.15, 0.2) is 0 Å². The maximum Gasteiger partial charge on any atom is 0.250 e. The molecule has 4 heteroatoms. The van der Waals surface area contributed by atoms with Crippen LogP contribution in [0, 0.1) is 5.41 Å². The molecule has 0 aromatic heterocycles. The van der Waals surface area contributed by atoms with Crippen LogP contribution in [0.5, 0.6) is 0 Å². The van der Waals surface area contributed by atoms with E-state index >= 15 is 0 Å². The van der Waals surface area contributed by atoms with Crippen molar-refractivity contribution in [3.8, 4) is 0 Å². The van der Waals surface area contributed by atoms with E-state index in [1.807, 2.05) is 0 Å². The van der Waals surface area contributed by atoms with E-state index in [0.29, 0.717) is 0 Å². The van der Waals surface area contributed by atoms with Gasteiger partial charge in [0, 0.05) is 5.54 Å². The van der Waals surface area contributed by atoms with E-state index in [9.17, 15) is 4.79 Å². The Kier molecular flexibility index (Phi) is 2.64. The number of amides is 1. The third-order valence-electron chi connectivity index (χ3n) is 2.28. The van der Waals surface area contributed by atoms with Gasteiger partial charge in [-0.1, -0.05) is 0 Å². The Morgan fingerprint density at radius 1 is 1.36 bits per heavy atom. The molecular formula is C7H16N2O2. The van der Waals surface area contributed by atoms with Gasteiger partial charge in [-0.2, -0.15) is 0 Å². The van der Waals surface area contributed by atoms with Crippen LogP contribution in [0.1, 0.15) is 27.7 Å². The van der Waals surface area contributed by atoms with E-state index in [4.69, 9.17) is 10.9 Å². The minimum atomic E-state index is -0.776. The predicted molar refractivity (Wildman–Crippen MR) is 42.0 cm³/mol. The number of rotatable bonds is 2. The van der Waals surface area contributed by atoms with Gasteiger partial charge in [-0.15, -0.1) is 0 Å². The summed E-state index contributed by atoms with van der Waals surface area (Å²) >= 11 is 0. The summed E-state index contributed by atoms with van der Waals surface area (Å²) in [7, 11) is 0. The summed E-state index contributed by atoms with van der Waals surface area (Å²) in [4.78, 5) is 11.0. The molecule has 0 aromatic rings. The van der Waals surface area contributed by atoms with E-state index in [2.05, 4.69) is 0 Å².